The zero-order valence-corrected chi connectivity index (χ0v) is 19.9. The molecule has 0 unspecified atom stereocenters. The summed E-state index contributed by atoms with van der Waals surface area (Å²) < 4.78 is 65.6. The summed E-state index contributed by atoms with van der Waals surface area (Å²) >= 11 is 0. The number of likely N-dealkylation sites (tertiary alicyclic amines) is 1. The SMILES string of the molecule is NN=Cc1cccc(CN2CC[C@@H](c3c(S(=O)(=O)O)ccc4ccccc34)C2=O)c1.O=C(O)C(F)(F)F. The molecule has 0 aromatic heterocycles. The quantitative estimate of drug-likeness (QED) is 0.195. The van der Waals surface area contributed by atoms with Crippen molar-refractivity contribution < 1.29 is 40.8 Å². The molecule has 0 radical (unpaired) electrons. The molecule has 0 spiro atoms. The lowest BCUT2D eigenvalue weighted by Gasteiger charge is -2.19. The number of nitrogens with zero attached hydrogens (tertiary/aromatic N) is 2. The van der Waals surface area contributed by atoms with E-state index in [0.717, 1.165) is 16.5 Å². The molecule has 0 saturated carbocycles. The highest BCUT2D eigenvalue weighted by atomic mass is 32.2. The Hall–Kier alpha value is -3.97. The van der Waals surface area contributed by atoms with E-state index in [1.54, 1.807) is 23.1 Å². The smallest absolute Gasteiger partial charge is 0.475 e. The van der Waals surface area contributed by atoms with Gasteiger partial charge in [0.05, 0.1) is 17.0 Å². The van der Waals surface area contributed by atoms with Crippen LogP contribution >= 0.6 is 0 Å². The largest absolute Gasteiger partial charge is 0.490 e. The van der Waals surface area contributed by atoms with Gasteiger partial charge < -0.3 is 15.8 Å². The van der Waals surface area contributed by atoms with Crippen molar-refractivity contribution in [2.75, 3.05) is 6.54 Å². The first-order valence-electron chi connectivity index (χ1n) is 10.7. The van der Waals surface area contributed by atoms with Crippen molar-refractivity contribution in [2.45, 2.75) is 30.0 Å². The summed E-state index contributed by atoms with van der Waals surface area (Å²) in [6.45, 7) is 0.889. The second-order valence-electron chi connectivity index (χ2n) is 8.10. The summed E-state index contributed by atoms with van der Waals surface area (Å²) in [7, 11) is -4.47. The predicted molar refractivity (Wildman–Crippen MR) is 128 cm³/mol. The molecule has 196 valence electrons. The summed E-state index contributed by atoms with van der Waals surface area (Å²) in [5, 5.41) is 12.1. The average Bonchev–Trinajstić information content (AvgIpc) is 3.17. The van der Waals surface area contributed by atoms with Gasteiger partial charge in [-0.15, -0.1) is 0 Å². The van der Waals surface area contributed by atoms with Crippen molar-refractivity contribution in [1.82, 2.24) is 4.90 Å². The third kappa shape index (κ3) is 6.62. The highest BCUT2D eigenvalue weighted by molar-refractivity contribution is 7.85. The zero-order valence-electron chi connectivity index (χ0n) is 19.1. The number of benzene rings is 3. The number of carbonyl (C=O) groups is 2. The molecule has 1 fully saturated rings. The molecule has 0 aliphatic carbocycles. The van der Waals surface area contributed by atoms with Gasteiger partial charge in [-0.3, -0.25) is 9.35 Å². The van der Waals surface area contributed by atoms with Crippen molar-refractivity contribution in [1.29, 1.82) is 0 Å². The van der Waals surface area contributed by atoms with E-state index in [1.165, 1.54) is 12.3 Å². The normalized spacial score (nSPS) is 16.2. The number of amides is 1. The van der Waals surface area contributed by atoms with Gasteiger partial charge in [-0.1, -0.05) is 48.5 Å². The Morgan fingerprint density at radius 3 is 2.43 bits per heavy atom. The van der Waals surface area contributed by atoms with Gasteiger partial charge in [-0.2, -0.15) is 26.7 Å². The first kappa shape index (κ1) is 27.6. The molecular formula is C24H22F3N3O6S. The molecule has 1 saturated heterocycles. The zero-order chi connectivity index (χ0) is 27.4. The van der Waals surface area contributed by atoms with Crippen molar-refractivity contribution in [2.24, 2.45) is 10.9 Å². The molecule has 1 aliphatic heterocycles. The van der Waals surface area contributed by atoms with Crippen molar-refractivity contribution in [3.05, 3.63) is 77.4 Å². The second-order valence-corrected chi connectivity index (χ2v) is 9.49. The highest BCUT2D eigenvalue weighted by Crippen LogP contribution is 2.38. The Morgan fingerprint density at radius 1 is 1.14 bits per heavy atom. The molecule has 13 heteroatoms. The fraction of sp³-hybridized carbons (Fsp3) is 0.208. The first-order valence-corrected chi connectivity index (χ1v) is 12.2. The molecule has 3 aromatic carbocycles. The molecule has 1 amide bonds. The van der Waals surface area contributed by atoms with Gasteiger partial charge in [0.2, 0.25) is 5.91 Å². The van der Waals surface area contributed by atoms with Crippen LogP contribution in [0.15, 0.2) is 70.7 Å². The number of fused-ring (bicyclic) bond motifs is 1. The number of alkyl halides is 3. The number of carbonyl (C=O) groups excluding carboxylic acids is 1. The fourth-order valence-electron chi connectivity index (χ4n) is 4.10. The Labute approximate surface area is 209 Å². The molecule has 4 N–H and O–H groups in total. The van der Waals surface area contributed by atoms with Crippen molar-refractivity contribution in [3.8, 4) is 0 Å². The first-order chi connectivity index (χ1) is 17.3. The maximum absolute atomic E-state index is 13.2. The summed E-state index contributed by atoms with van der Waals surface area (Å²) in [5.41, 5.74) is 2.13. The lowest BCUT2D eigenvalue weighted by molar-refractivity contribution is -0.192. The standard InChI is InChI=1S/C22H21N3O4S.C2HF3O2/c23-24-13-15-4-3-5-16(12-15)14-25-11-10-19(22(25)26)21-18-7-2-1-6-17(18)8-9-20(21)30(27,28)29;3-2(4,5)1(6)7/h1-9,12-13,19H,10-11,14,23H2,(H,27,28,29);(H,6,7)/t19-;/m0./s1. The molecule has 0 bridgehead atoms. The van der Waals surface area contributed by atoms with Gasteiger partial charge in [0.15, 0.2) is 0 Å². The van der Waals surface area contributed by atoms with Gasteiger partial charge in [0, 0.05) is 13.1 Å². The second kappa shape index (κ2) is 11.0. The molecule has 1 atom stereocenters. The van der Waals surface area contributed by atoms with Crippen LogP contribution in [0.4, 0.5) is 13.2 Å². The minimum atomic E-state index is -5.08. The predicted octanol–water partition coefficient (Wildman–Crippen LogP) is 3.53. The topological polar surface area (TPSA) is 150 Å². The number of carboxylic acid groups (broad SMARTS) is 1. The minimum Gasteiger partial charge on any atom is -0.475 e. The summed E-state index contributed by atoms with van der Waals surface area (Å²) in [6, 6.07) is 17.8. The van der Waals surface area contributed by atoms with E-state index in [1.807, 2.05) is 36.4 Å². The molecule has 9 nitrogen and oxygen atoms in total. The van der Waals surface area contributed by atoms with E-state index in [4.69, 9.17) is 15.7 Å². The van der Waals surface area contributed by atoms with Crippen LogP contribution in [0.2, 0.25) is 0 Å². The number of aliphatic carboxylic acids is 1. The Balaban J connectivity index is 0.000000479. The van der Waals surface area contributed by atoms with E-state index in [-0.39, 0.29) is 10.8 Å². The van der Waals surface area contributed by atoms with Gasteiger partial charge in [0.25, 0.3) is 10.1 Å². The number of nitrogens with two attached hydrogens (primary N) is 1. The van der Waals surface area contributed by atoms with Gasteiger partial charge in [-0.05, 0) is 46.0 Å². The summed E-state index contributed by atoms with van der Waals surface area (Å²) in [6.07, 6.45) is -3.08. The maximum atomic E-state index is 13.2. The number of hydrogen-bond donors (Lipinski definition) is 3. The van der Waals surface area contributed by atoms with Crippen LogP contribution in [-0.4, -0.2) is 53.8 Å². The average molecular weight is 538 g/mol. The van der Waals surface area contributed by atoms with E-state index >= 15 is 0 Å². The summed E-state index contributed by atoms with van der Waals surface area (Å²) in [4.78, 5) is 23.6. The lowest BCUT2D eigenvalue weighted by atomic mass is 9.92. The van der Waals surface area contributed by atoms with E-state index < -0.39 is 28.2 Å². The van der Waals surface area contributed by atoms with Crippen LogP contribution in [0, 0.1) is 0 Å². The van der Waals surface area contributed by atoms with E-state index in [2.05, 4.69) is 5.10 Å². The minimum absolute atomic E-state index is 0.158. The molecule has 1 aliphatic rings. The van der Waals surface area contributed by atoms with Crippen molar-refractivity contribution >= 4 is 39.0 Å². The van der Waals surface area contributed by atoms with E-state index in [9.17, 15) is 30.9 Å². The third-order valence-electron chi connectivity index (χ3n) is 5.65. The van der Waals surface area contributed by atoms with E-state index in [0.29, 0.717) is 30.5 Å². The fourth-order valence-corrected chi connectivity index (χ4v) is 4.87. The van der Waals surface area contributed by atoms with Gasteiger partial charge in [0.1, 0.15) is 0 Å². The maximum Gasteiger partial charge on any atom is 0.490 e. The molecule has 3 aromatic rings. The monoisotopic (exact) mass is 537 g/mol. The van der Waals surface area contributed by atoms with Crippen LogP contribution < -0.4 is 5.84 Å². The molecule has 1 heterocycles. The van der Waals surface area contributed by atoms with Crippen LogP contribution in [0.5, 0.6) is 0 Å². The van der Waals surface area contributed by atoms with Crippen LogP contribution in [0.25, 0.3) is 10.8 Å². The molecule has 37 heavy (non-hydrogen) atoms. The number of rotatable bonds is 5. The van der Waals surface area contributed by atoms with Crippen molar-refractivity contribution in [3.63, 3.8) is 0 Å². The highest BCUT2D eigenvalue weighted by Gasteiger charge is 2.38. The number of carboxylic acids is 1. The molecular weight excluding hydrogens is 515 g/mol. The number of halogens is 3. The van der Waals surface area contributed by atoms with Gasteiger partial charge >= 0.3 is 12.1 Å². The van der Waals surface area contributed by atoms with Crippen LogP contribution in [0.3, 0.4) is 0 Å². The van der Waals surface area contributed by atoms with Crippen LogP contribution in [-0.2, 0) is 26.3 Å². The van der Waals surface area contributed by atoms with Gasteiger partial charge in [-0.25, -0.2) is 4.79 Å². The Kier molecular flexibility index (Phi) is 8.18. The summed E-state index contributed by atoms with van der Waals surface area (Å²) in [5.74, 6) is 1.66. The lowest BCUT2D eigenvalue weighted by Crippen LogP contribution is -2.27. The molecule has 4 rings (SSSR count). The van der Waals surface area contributed by atoms with Crippen LogP contribution in [0.1, 0.15) is 29.0 Å². The Bertz CT molecular complexity index is 1460. The third-order valence-corrected chi connectivity index (χ3v) is 6.56. The Morgan fingerprint density at radius 2 is 1.81 bits per heavy atom. The number of hydrogen-bond acceptors (Lipinski definition) is 6. The number of hydrazone groups is 1.